The summed E-state index contributed by atoms with van der Waals surface area (Å²) in [6.45, 7) is 0. The molecule has 0 aromatic carbocycles. The van der Waals surface area contributed by atoms with Gasteiger partial charge in [-0.3, -0.25) is 0 Å². The zero-order chi connectivity index (χ0) is 2.00. The van der Waals surface area contributed by atoms with Gasteiger partial charge in [0.1, 0.15) is 0 Å². The van der Waals surface area contributed by atoms with Gasteiger partial charge in [-0.05, 0) is 0 Å². The van der Waals surface area contributed by atoms with Crippen LogP contribution in [0.4, 0.5) is 0 Å². The zero-order valence-electron chi connectivity index (χ0n) is 1.90. The van der Waals surface area contributed by atoms with Crippen LogP contribution in [-0.2, 0) is 21.8 Å². The van der Waals surface area contributed by atoms with Crippen LogP contribution >= 0.6 is 0 Å². The van der Waals surface area contributed by atoms with Crippen LogP contribution < -0.4 is 0 Å². The molecule has 0 fully saturated rings. The van der Waals surface area contributed by atoms with Crippen LogP contribution in [-0.4, -0.2) is 75.1 Å². The van der Waals surface area contributed by atoms with E-state index >= 15 is 0 Å². The van der Waals surface area contributed by atoms with Crippen molar-refractivity contribution >= 4 is 75.1 Å². The summed E-state index contributed by atoms with van der Waals surface area (Å²) < 4.78 is 8.14. The van der Waals surface area contributed by atoms with Gasteiger partial charge >= 0.3 is 21.8 Å². The summed E-state index contributed by atoms with van der Waals surface area (Å²) in [4.78, 5) is 0. The molecule has 0 N–H and O–H groups in total. The summed E-state index contributed by atoms with van der Waals surface area (Å²) in [5.74, 6) is 0. The van der Waals surface area contributed by atoms with Crippen molar-refractivity contribution in [2.45, 2.75) is 0 Å². The van der Waals surface area contributed by atoms with Gasteiger partial charge in [-0.15, -0.1) is 0 Å². The van der Waals surface area contributed by atoms with Crippen molar-refractivity contribution in [1.29, 1.82) is 0 Å². The molecule has 5 radical (unpaired) electrons. The molecule has 0 unspecified atom stereocenters. The number of hydrogen-bond donors (Lipinski definition) is 0. The van der Waals surface area contributed by atoms with E-state index in [1.54, 1.807) is 0 Å². The van der Waals surface area contributed by atoms with Gasteiger partial charge in [0.05, 0.1) is 0 Å². The minimum absolute atomic E-state index is 0. The van der Waals surface area contributed by atoms with Crippen LogP contribution in [0.25, 0.3) is 0 Å². The van der Waals surface area contributed by atoms with Crippen LogP contribution in [0.15, 0.2) is 0 Å². The number of rotatable bonds is 0. The molecule has 1 nitrogen and oxygen atoms in total. The Kier molecular flexibility index (Phi) is 66.7. The maximum atomic E-state index is 8.14. The van der Waals surface area contributed by atoms with E-state index in [0.29, 0.717) is 0 Å². The third kappa shape index (κ3) is 8.86. The average Bonchev–Trinajstić information content (AvgIpc) is 1.00. The molecule has 22 valence electrons. The quantitative estimate of drug-likeness (QED) is 0.425. The maximum absolute atomic E-state index is 8.14. The molecule has 0 amide bonds. The second kappa shape index (κ2) is 16.9. The molecule has 0 heterocycles. The van der Waals surface area contributed by atoms with Gasteiger partial charge in [0.2, 0.25) is 0 Å². The summed E-state index contributed by atoms with van der Waals surface area (Å²) in [6, 6.07) is 0. The van der Waals surface area contributed by atoms with Crippen molar-refractivity contribution in [2.24, 2.45) is 0 Å². The Morgan fingerprint density at radius 3 is 1.25 bits per heavy atom. The predicted molar refractivity (Wildman–Crippen MR) is 12.2 cm³/mol. The molecule has 0 atom stereocenters. The topological polar surface area (TPSA) is 17.1 Å². The molecule has 4 heteroatoms. The van der Waals surface area contributed by atoms with Crippen molar-refractivity contribution in [2.75, 3.05) is 0 Å². The molecular formula is BaBiORh. The average molecular weight is 465 g/mol. The van der Waals surface area contributed by atoms with E-state index in [2.05, 4.69) is 0 Å². The minimum atomic E-state index is 0. The molecule has 4 heavy (non-hydrogen) atoms. The summed E-state index contributed by atoms with van der Waals surface area (Å²) in [7, 11) is 0. The predicted octanol–water partition coefficient (Wildman–Crippen LogP) is -0.883. The summed E-state index contributed by atoms with van der Waals surface area (Å²) in [5, 5.41) is 0. The number of hydrogen-bond acceptors (Lipinski definition) is 1. The Morgan fingerprint density at radius 2 is 1.25 bits per heavy atom. The van der Waals surface area contributed by atoms with E-state index < -0.39 is 0 Å². The van der Waals surface area contributed by atoms with Gasteiger partial charge in [0.25, 0.3) is 0 Å². The third-order valence-electron chi connectivity index (χ3n) is 0. The van der Waals surface area contributed by atoms with Gasteiger partial charge in [-0.25, -0.2) is 0 Å². The summed E-state index contributed by atoms with van der Waals surface area (Å²) in [6.07, 6.45) is 0. The molecule has 0 saturated heterocycles. The van der Waals surface area contributed by atoms with Crippen molar-refractivity contribution in [3.63, 3.8) is 0 Å². The van der Waals surface area contributed by atoms with Crippen LogP contribution in [0.3, 0.4) is 0 Å². The normalized spacial score (nSPS) is 1.25. The van der Waals surface area contributed by atoms with Crippen molar-refractivity contribution in [3.8, 4) is 0 Å². The van der Waals surface area contributed by atoms with Crippen LogP contribution in [0.1, 0.15) is 0 Å². The van der Waals surface area contributed by atoms with E-state index in [4.69, 9.17) is 3.57 Å². The van der Waals surface area contributed by atoms with E-state index in [1.807, 2.05) is 0 Å². The molecule has 0 saturated carbocycles. The van der Waals surface area contributed by atoms with Crippen molar-refractivity contribution in [1.82, 2.24) is 0 Å². The van der Waals surface area contributed by atoms with E-state index in [9.17, 15) is 0 Å². The molecule has 0 aromatic rings. The van der Waals surface area contributed by atoms with E-state index in [0.717, 1.165) is 0 Å². The monoisotopic (exact) mass is 466 g/mol. The second-order valence-corrected chi connectivity index (χ2v) is 0. The fourth-order valence-corrected chi connectivity index (χ4v) is 0. The summed E-state index contributed by atoms with van der Waals surface area (Å²) >= 11 is 1.30. The molecule has 0 aliphatic carbocycles. The second-order valence-electron chi connectivity index (χ2n) is 0. The van der Waals surface area contributed by atoms with Gasteiger partial charge < -0.3 is 0 Å². The van der Waals surface area contributed by atoms with E-state index in [1.165, 1.54) is 18.3 Å². The van der Waals surface area contributed by atoms with Gasteiger partial charge in [-0.1, -0.05) is 0 Å². The molecule has 0 bridgehead atoms. The van der Waals surface area contributed by atoms with Crippen LogP contribution in [0.2, 0.25) is 0 Å². The van der Waals surface area contributed by atoms with Gasteiger partial charge in [0, 0.05) is 75.1 Å². The standard InChI is InChI=1S/Ba.Bi.O.Rh. The Labute approximate surface area is 94.4 Å². The molecule has 0 aliphatic heterocycles. The molecule has 0 aliphatic rings. The molecule has 0 rings (SSSR count). The van der Waals surface area contributed by atoms with E-state index in [-0.39, 0.29) is 75.1 Å². The molecule has 0 spiro atoms. The van der Waals surface area contributed by atoms with Crippen LogP contribution in [0, 0.1) is 0 Å². The first kappa shape index (κ1) is 15.8. The van der Waals surface area contributed by atoms with Gasteiger partial charge in [-0.2, -0.15) is 0 Å². The van der Waals surface area contributed by atoms with Gasteiger partial charge in [0.15, 0.2) is 0 Å². The van der Waals surface area contributed by atoms with Crippen molar-refractivity contribution < 1.29 is 21.8 Å². The first-order chi connectivity index (χ1) is 1.00. The SMILES string of the molecule is [Ba].[Bi].[O]=[Rh]. The first-order valence-electron chi connectivity index (χ1n) is 0.136. The first-order valence-corrected chi connectivity index (χ1v) is 0.805. The Balaban J connectivity index is -0.00000000500. The Hall–Kier alpha value is 2.88. The third-order valence-corrected chi connectivity index (χ3v) is 0. The Bertz CT molecular complexity index is 8.00. The molecule has 0 aromatic heterocycles. The summed E-state index contributed by atoms with van der Waals surface area (Å²) in [5.41, 5.74) is 0. The Morgan fingerprint density at radius 1 is 1.25 bits per heavy atom. The fraction of sp³-hybridized carbons (Fsp3) is 0. The van der Waals surface area contributed by atoms with Crippen molar-refractivity contribution in [3.05, 3.63) is 0 Å². The van der Waals surface area contributed by atoms with Crippen LogP contribution in [0.5, 0.6) is 0 Å². The molecular weight excluding hydrogens is 465 g/mol. The fourth-order valence-electron chi connectivity index (χ4n) is 0. The zero-order valence-corrected chi connectivity index (χ0v) is 11.5.